The fraction of sp³-hybridized carbons (Fsp3) is 0.923. The summed E-state index contributed by atoms with van der Waals surface area (Å²) >= 11 is 0. The van der Waals surface area contributed by atoms with Crippen molar-refractivity contribution >= 4 is 5.91 Å². The average Bonchev–Trinajstić information content (AvgIpc) is 3.24. The molecule has 18 heavy (non-hydrogen) atoms. The number of hydrogen-bond donors (Lipinski definition) is 2. The van der Waals surface area contributed by atoms with Gasteiger partial charge in [-0.1, -0.05) is 0 Å². The van der Waals surface area contributed by atoms with Gasteiger partial charge in [-0.15, -0.1) is 0 Å². The van der Waals surface area contributed by atoms with Gasteiger partial charge in [0, 0.05) is 25.2 Å². The summed E-state index contributed by atoms with van der Waals surface area (Å²) in [4.78, 5) is 14.6. The minimum Gasteiger partial charge on any atom is -0.378 e. The van der Waals surface area contributed by atoms with Crippen LogP contribution < -0.4 is 10.6 Å². The van der Waals surface area contributed by atoms with Gasteiger partial charge in [-0.25, -0.2) is 0 Å². The van der Waals surface area contributed by atoms with E-state index in [0.29, 0.717) is 18.7 Å². The number of nitrogens with zero attached hydrogens (tertiary/aromatic N) is 1. The Kier molecular flexibility index (Phi) is 3.82. The molecule has 1 saturated carbocycles. The molecule has 102 valence electrons. The molecule has 2 unspecified atom stereocenters. The Morgan fingerprint density at radius 1 is 1.33 bits per heavy atom. The minimum absolute atomic E-state index is 0.0794. The van der Waals surface area contributed by atoms with Crippen molar-refractivity contribution in [2.24, 2.45) is 0 Å². The van der Waals surface area contributed by atoms with Crippen molar-refractivity contribution in [3.8, 4) is 0 Å². The van der Waals surface area contributed by atoms with E-state index >= 15 is 0 Å². The molecule has 1 aliphatic carbocycles. The van der Waals surface area contributed by atoms with E-state index in [0.717, 1.165) is 39.1 Å². The van der Waals surface area contributed by atoms with Gasteiger partial charge in [-0.05, 0) is 32.2 Å². The lowest BCUT2D eigenvalue weighted by Gasteiger charge is -2.41. The van der Waals surface area contributed by atoms with Gasteiger partial charge in [0.1, 0.15) is 6.04 Å². The average molecular weight is 253 g/mol. The number of nitrogens with one attached hydrogen (secondary N) is 2. The zero-order valence-corrected chi connectivity index (χ0v) is 10.9. The number of amides is 1. The lowest BCUT2D eigenvalue weighted by atomic mass is 10.0. The highest BCUT2D eigenvalue weighted by atomic mass is 16.5. The summed E-state index contributed by atoms with van der Waals surface area (Å²) in [5.41, 5.74) is 0. The topological polar surface area (TPSA) is 53.6 Å². The van der Waals surface area contributed by atoms with Crippen molar-refractivity contribution in [3.05, 3.63) is 0 Å². The number of ether oxygens (including phenoxy) is 1. The Bertz CT molecular complexity index is 301. The molecule has 0 aromatic carbocycles. The molecule has 0 bridgehead atoms. The van der Waals surface area contributed by atoms with Crippen LogP contribution in [0.2, 0.25) is 0 Å². The maximum atomic E-state index is 12.2. The zero-order chi connectivity index (χ0) is 12.4. The number of carbonyl (C=O) groups is 1. The third-order valence-corrected chi connectivity index (χ3v) is 4.14. The van der Waals surface area contributed by atoms with Gasteiger partial charge in [0.25, 0.3) is 0 Å². The first-order valence-corrected chi connectivity index (χ1v) is 7.19. The van der Waals surface area contributed by atoms with Gasteiger partial charge in [0.2, 0.25) is 5.91 Å². The molecular weight excluding hydrogens is 230 g/mol. The minimum atomic E-state index is -0.0794. The van der Waals surface area contributed by atoms with Crippen LogP contribution in [0.25, 0.3) is 0 Å². The predicted octanol–water partition coefficient (Wildman–Crippen LogP) is -0.282. The molecule has 0 radical (unpaired) electrons. The number of rotatable bonds is 3. The lowest BCUT2D eigenvalue weighted by molar-refractivity contribution is -0.135. The first kappa shape index (κ1) is 12.4. The van der Waals surface area contributed by atoms with Crippen LogP contribution in [0.5, 0.6) is 0 Å². The van der Waals surface area contributed by atoms with Crippen LogP contribution in [0, 0.1) is 0 Å². The Hall–Kier alpha value is -0.650. The molecule has 1 amide bonds. The van der Waals surface area contributed by atoms with Crippen molar-refractivity contribution in [1.82, 2.24) is 15.5 Å². The SMILES string of the molecule is O=C(NC1CC1)C1COCCN1C1CCCNC1. The maximum Gasteiger partial charge on any atom is 0.239 e. The molecule has 0 aromatic heterocycles. The highest BCUT2D eigenvalue weighted by Gasteiger charge is 2.36. The Balaban J connectivity index is 1.62. The van der Waals surface area contributed by atoms with E-state index in [9.17, 15) is 4.79 Å². The van der Waals surface area contributed by atoms with Gasteiger partial charge < -0.3 is 15.4 Å². The highest BCUT2D eigenvalue weighted by Crippen LogP contribution is 2.21. The van der Waals surface area contributed by atoms with Gasteiger partial charge in [0.05, 0.1) is 13.2 Å². The van der Waals surface area contributed by atoms with E-state index in [4.69, 9.17) is 4.74 Å². The molecule has 2 atom stereocenters. The molecule has 2 N–H and O–H groups in total. The fourth-order valence-electron chi connectivity index (χ4n) is 2.92. The van der Waals surface area contributed by atoms with Crippen LogP contribution in [-0.4, -0.2) is 61.8 Å². The summed E-state index contributed by atoms with van der Waals surface area (Å²) in [6.45, 7) is 4.31. The van der Waals surface area contributed by atoms with E-state index in [2.05, 4.69) is 15.5 Å². The molecule has 3 fully saturated rings. The number of piperidine rings is 1. The second kappa shape index (κ2) is 5.55. The molecule has 2 aliphatic heterocycles. The number of carbonyl (C=O) groups excluding carboxylic acids is 1. The number of morpholine rings is 1. The van der Waals surface area contributed by atoms with Crippen LogP contribution in [-0.2, 0) is 9.53 Å². The van der Waals surface area contributed by atoms with E-state index in [1.54, 1.807) is 0 Å². The molecular formula is C13H23N3O2. The smallest absolute Gasteiger partial charge is 0.239 e. The Labute approximate surface area is 108 Å². The molecule has 0 spiro atoms. The van der Waals surface area contributed by atoms with E-state index in [-0.39, 0.29) is 11.9 Å². The van der Waals surface area contributed by atoms with Crippen LogP contribution in [0.15, 0.2) is 0 Å². The quantitative estimate of drug-likeness (QED) is 0.726. The summed E-state index contributed by atoms with van der Waals surface area (Å²) in [6, 6.07) is 0.854. The maximum absolute atomic E-state index is 12.2. The predicted molar refractivity (Wildman–Crippen MR) is 68.4 cm³/mol. The van der Waals surface area contributed by atoms with Crippen LogP contribution >= 0.6 is 0 Å². The summed E-state index contributed by atoms with van der Waals surface area (Å²) < 4.78 is 5.50. The van der Waals surface area contributed by atoms with Gasteiger partial charge in [-0.2, -0.15) is 0 Å². The standard InChI is InChI=1S/C13H23N3O2/c17-13(15-10-3-4-10)12-9-18-7-6-16(12)11-2-1-5-14-8-11/h10-12,14H,1-9H2,(H,15,17). The second-order valence-electron chi connectivity index (χ2n) is 5.61. The van der Waals surface area contributed by atoms with E-state index < -0.39 is 0 Å². The van der Waals surface area contributed by atoms with Crippen LogP contribution in [0.1, 0.15) is 25.7 Å². The zero-order valence-electron chi connectivity index (χ0n) is 10.9. The van der Waals surface area contributed by atoms with Crippen molar-refractivity contribution in [1.29, 1.82) is 0 Å². The lowest BCUT2D eigenvalue weighted by Crippen LogP contribution is -2.60. The van der Waals surface area contributed by atoms with Gasteiger partial charge in [0.15, 0.2) is 0 Å². The van der Waals surface area contributed by atoms with E-state index in [1.807, 2.05) is 0 Å². The van der Waals surface area contributed by atoms with Gasteiger partial charge in [-0.3, -0.25) is 9.69 Å². The van der Waals surface area contributed by atoms with Crippen molar-refractivity contribution < 1.29 is 9.53 Å². The first-order valence-electron chi connectivity index (χ1n) is 7.19. The molecule has 5 heteroatoms. The Morgan fingerprint density at radius 2 is 2.22 bits per heavy atom. The van der Waals surface area contributed by atoms with Crippen LogP contribution in [0.3, 0.4) is 0 Å². The molecule has 3 rings (SSSR count). The fourth-order valence-corrected chi connectivity index (χ4v) is 2.92. The van der Waals surface area contributed by atoms with Gasteiger partial charge >= 0.3 is 0 Å². The summed E-state index contributed by atoms with van der Waals surface area (Å²) in [5, 5.41) is 6.54. The normalized spacial score (nSPS) is 34.2. The molecule has 5 nitrogen and oxygen atoms in total. The van der Waals surface area contributed by atoms with Crippen molar-refractivity contribution in [2.45, 2.75) is 43.8 Å². The third-order valence-electron chi connectivity index (χ3n) is 4.14. The molecule has 2 saturated heterocycles. The van der Waals surface area contributed by atoms with Crippen molar-refractivity contribution in [3.63, 3.8) is 0 Å². The molecule has 2 heterocycles. The second-order valence-corrected chi connectivity index (χ2v) is 5.61. The molecule has 3 aliphatic rings. The monoisotopic (exact) mass is 253 g/mol. The molecule has 0 aromatic rings. The van der Waals surface area contributed by atoms with Crippen LogP contribution in [0.4, 0.5) is 0 Å². The number of hydrogen-bond acceptors (Lipinski definition) is 4. The summed E-state index contributed by atoms with van der Waals surface area (Å²) in [7, 11) is 0. The van der Waals surface area contributed by atoms with E-state index in [1.165, 1.54) is 12.8 Å². The first-order chi connectivity index (χ1) is 8.84. The largest absolute Gasteiger partial charge is 0.378 e. The highest BCUT2D eigenvalue weighted by molar-refractivity contribution is 5.82. The van der Waals surface area contributed by atoms with Crippen molar-refractivity contribution in [2.75, 3.05) is 32.8 Å². The Morgan fingerprint density at radius 3 is 2.94 bits per heavy atom. The summed E-state index contributed by atoms with van der Waals surface area (Å²) in [6.07, 6.45) is 4.69. The third kappa shape index (κ3) is 2.84. The summed E-state index contributed by atoms with van der Waals surface area (Å²) in [5.74, 6) is 0.169.